The maximum Gasteiger partial charge on any atom is 0.499 e. The number of rotatable bonds is 3. The van der Waals surface area contributed by atoms with Crippen LogP contribution >= 0.6 is 11.3 Å². The zero-order valence-electron chi connectivity index (χ0n) is 9.47. The first-order valence-electron chi connectivity index (χ1n) is 5.45. The molecule has 0 aliphatic heterocycles. The molecule has 0 aliphatic carbocycles. The molecule has 0 radical (unpaired) electrons. The van der Waals surface area contributed by atoms with Gasteiger partial charge in [-0.3, -0.25) is 0 Å². The second kappa shape index (κ2) is 4.57. The van der Waals surface area contributed by atoms with Crippen molar-refractivity contribution in [3.05, 3.63) is 29.8 Å². The molecule has 1 aromatic carbocycles. The summed E-state index contributed by atoms with van der Waals surface area (Å²) in [6.45, 7) is 4.39. The summed E-state index contributed by atoms with van der Waals surface area (Å²) in [4.78, 5) is 0. The van der Waals surface area contributed by atoms with Crippen molar-refractivity contribution in [2.45, 2.75) is 20.3 Å². The maximum atomic E-state index is 9.11. The molecule has 1 aromatic heterocycles. The fourth-order valence-corrected chi connectivity index (χ4v) is 2.76. The van der Waals surface area contributed by atoms with Gasteiger partial charge in [-0.05, 0) is 35.4 Å². The summed E-state index contributed by atoms with van der Waals surface area (Å²) in [6.07, 6.45) is 1.06. The highest BCUT2D eigenvalue weighted by Gasteiger charge is 2.14. The summed E-state index contributed by atoms with van der Waals surface area (Å²) in [5, 5.41) is 19.3. The van der Waals surface area contributed by atoms with Gasteiger partial charge in [0, 0.05) is 9.48 Å². The Balaban J connectivity index is 2.38. The molecule has 2 aromatic rings. The van der Waals surface area contributed by atoms with Gasteiger partial charge < -0.3 is 10.0 Å². The summed E-state index contributed by atoms with van der Waals surface area (Å²) in [5.41, 5.74) is 1.30. The zero-order valence-corrected chi connectivity index (χ0v) is 10.3. The van der Waals surface area contributed by atoms with E-state index in [-0.39, 0.29) is 0 Å². The number of hydrogen-bond acceptors (Lipinski definition) is 3. The van der Waals surface area contributed by atoms with E-state index < -0.39 is 7.12 Å². The quantitative estimate of drug-likeness (QED) is 0.794. The average molecular weight is 234 g/mol. The monoisotopic (exact) mass is 234 g/mol. The molecule has 0 saturated carbocycles. The fraction of sp³-hybridized carbons (Fsp3) is 0.333. The lowest BCUT2D eigenvalue weighted by molar-refractivity contribution is 0.427. The number of thiophene rings is 1. The van der Waals surface area contributed by atoms with Gasteiger partial charge in [0.25, 0.3) is 0 Å². The van der Waals surface area contributed by atoms with Crippen molar-refractivity contribution in [1.82, 2.24) is 0 Å². The van der Waals surface area contributed by atoms with E-state index in [9.17, 15) is 0 Å². The van der Waals surface area contributed by atoms with Crippen molar-refractivity contribution in [3.63, 3.8) is 0 Å². The maximum absolute atomic E-state index is 9.11. The van der Waals surface area contributed by atoms with E-state index in [1.54, 1.807) is 0 Å². The van der Waals surface area contributed by atoms with Crippen LogP contribution in [0.5, 0.6) is 0 Å². The molecule has 0 saturated heterocycles. The third kappa shape index (κ3) is 2.46. The predicted molar refractivity (Wildman–Crippen MR) is 70.2 cm³/mol. The molecule has 0 unspecified atom stereocenters. The molecular formula is C12H15BO2S. The predicted octanol–water partition coefficient (Wildman–Crippen LogP) is 1.78. The van der Waals surface area contributed by atoms with Gasteiger partial charge >= 0.3 is 7.12 Å². The van der Waals surface area contributed by atoms with E-state index >= 15 is 0 Å². The van der Waals surface area contributed by atoms with Crippen molar-refractivity contribution in [2.75, 3.05) is 0 Å². The van der Waals surface area contributed by atoms with Crippen LogP contribution in [0.2, 0.25) is 0 Å². The minimum Gasteiger partial charge on any atom is -0.423 e. The minimum atomic E-state index is -1.36. The van der Waals surface area contributed by atoms with Crippen molar-refractivity contribution in [2.24, 2.45) is 5.92 Å². The SMILES string of the molecule is CC(C)Cc1ccc2sc(B(O)O)cc2c1. The van der Waals surface area contributed by atoms with Crippen LogP contribution in [0.15, 0.2) is 24.3 Å². The minimum absolute atomic E-state index is 0.608. The Morgan fingerprint density at radius 1 is 1.25 bits per heavy atom. The lowest BCUT2D eigenvalue weighted by Crippen LogP contribution is -2.26. The van der Waals surface area contributed by atoms with E-state index in [4.69, 9.17) is 10.0 Å². The van der Waals surface area contributed by atoms with E-state index in [0.717, 1.165) is 16.5 Å². The lowest BCUT2D eigenvalue weighted by atomic mass is 9.89. The molecule has 0 spiro atoms. The standard InChI is InChI=1S/C12H15BO2S/c1-8(2)5-9-3-4-11-10(6-9)7-12(16-11)13(14)15/h3-4,6-8,14-15H,5H2,1-2H3. The topological polar surface area (TPSA) is 40.5 Å². The second-order valence-electron chi connectivity index (χ2n) is 4.49. The third-order valence-electron chi connectivity index (χ3n) is 2.50. The van der Waals surface area contributed by atoms with Gasteiger partial charge in [0.2, 0.25) is 0 Å². The van der Waals surface area contributed by atoms with Gasteiger partial charge in [-0.15, -0.1) is 11.3 Å². The van der Waals surface area contributed by atoms with E-state index in [1.807, 2.05) is 6.07 Å². The lowest BCUT2D eigenvalue weighted by Gasteiger charge is -2.04. The van der Waals surface area contributed by atoms with Crippen LogP contribution in [0, 0.1) is 5.92 Å². The Morgan fingerprint density at radius 3 is 2.62 bits per heavy atom. The van der Waals surface area contributed by atoms with Crippen molar-refractivity contribution in [3.8, 4) is 0 Å². The first-order valence-corrected chi connectivity index (χ1v) is 6.26. The molecule has 0 atom stereocenters. The van der Waals surface area contributed by atoms with Crippen LogP contribution < -0.4 is 4.78 Å². The van der Waals surface area contributed by atoms with Crippen LogP contribution in [0.25, 0.3) is 10.1 Å². The van der Waals surface area contributed by atoms with Gasteiger partial charge in [-0.1, -0.05) is 26.0 Å². The Labute approximate surface area is 99.7 Å². The van der Waals surface area contributed by atoms with Gasteiger partial charge in [-0.25, -0.2) is 0 Å². The molecule has 84 valence electrons. The van der Waals surface area contributed by atoms with Gasteiger partial charge in [0.1, 0.15) is 0 Å². The molecule has 4 heteroatoms. The summed E-state index contributed by atoms with van der Waals surface area (Å²) >= 11 is 1.43. The molecule has 0 fully saturated rings. The highest BCUT2D eigenvalue weighted by molar-refractivity contribution is 7.27. The molecule has 2 N–H and O–H groups in total. The summed E-state index contributed by atoms with van der Waals surface area (Å²) in [5.74, 6) is 0.638. The Bertz CT molecular complexity index is 491. The van der Waals surface area contributed by atoms with E-state index in [2.05, 4.69) is 32.0 Å². The van der Waals surface area contributed by atoms with Crippen LogP contribution in [0.3, 0.4) is 0 Å². The summed E-state index contributed by atoms with van der Waals surface area (Å²) in [7, 11) is -1.36. The summed E-state index contributed by atoms with van der Waals surface area (Å²) < 4.78 is 1.72. The summed E-state index contributed by atoms with van der Waals surface area (Å²) in [6, 6.07) is 8.17. The molecule has 0 bridgehead atoms. The second-order valence-corrected chi connectivity index (χ2v) is 5.61. The fourth-order valence-electron chi connectivity index (χ4n) is 1.84. The normalized spacial score (nSPS) is 11.3. The first-order chi connectivity index (χ1) is 7.56. The molecule has 16 heavy (non-hydrogen) atoms. The molecular weight excluding hydrogens is 219 g/mol. The van der Waals surface area contributed by atoms with Gasteiger partial charge in [0.05, 0.1) is 0 Å². The first kappa shape index (κ1) is 11.6. The Hall–Kier alpha value is -0.835. The number of fused-ring (bicyclic) bond motifs is 1. The third-order valence-corrected chi connectivity index (χ3v) is 3.65. The molecule has 2 nitrogen and oxygen atoms in total. The van der Waals surface area contributed by atoms with Crippen LogP contribution in [-0.2, 0) is 6.42 Å². The van der Waals surface area contributed by atoms with Crippen LogP contribution in [-0.4, -0.2) is 17.2 Å². The molecule has 1 heterocycles. The zero-order chi connectivity index (χ0) is 11.7. The largest absolute Gasteiger partial charge is 0.499 e. The smallest absolute Gasteiger partial charge is 0.423 e. The van der Waals surface area contributed by atoms with Gasteiger partial charge in [-0.2, -0.15) is 0 Å². The highest BCUT2D eigenvalue weighted by atomic mass is 32.1. The van der Waals surface area contributed by atoms with Crippen molar-refractivity contribution >= 4 is 33.3 Å². The van der Waals surface area contributed by atoms with Crippen LogP contribution in [0.1, 0.15) is 19.4 Å². The van der Waals surface area contributed by atoms with Crippen LogP contribution in [0.4, 0.5) is 0 Å². The molecule has 0 amide bonds. The van der Waals surface area contributed by atoms with E-state index in [1.165, 1.54) is 16.9 Å². The van der Waals surface area contributed by atoms with Crippen molar-refractivity contribution < 1.29 is 10.0 Å². The number of benzene rings is 1. The molecule has 2 rings (SSSR count). The average Bonchev–Trinajstić information content (AvgIpc) is 2.59. The number of hydrogen-bond donors (Lipinski definition) is 2. The van der Waals surface area contributed by atoms with Crippen molar-refractivity contribution in [1.29, 1.82) is 0 Å². The highest BCUT2D eigenvalue weighted by Crippen LogP contribution is 2.22. The van der Waals surface area contributed by atoms with Gasteiger partial charge in [0.15, 0.2) is 0 Å². The van der Waals surface area contributed by atoms with E-state index in [0.29, 0.717) is 10.7 Å². The Morgan fingerprint density at radius 2 is 2.00 bits per heavy atom. The Kier molecular flexibility index (Phi) is 3.33. The molecule has 0 aliphatic rings.